The lowest BCUT2D eigenvalue weighted by Crippen LogP contribution is -2.44. The second-order valence-corrected chi connectivity index (χ2v) is 9.68. The van der Waals surface area contributed by atoms with E-state index in [-0.39, 0.29) is 24.3 Å². The quantitative estimate of drug-likeness (QED) is 0.480. The van der Waals surface area contributed by atoms with E-state index < -0.39 is 5.92 Å². The summed E-state index contributed by atoms with van der Waals surface area (Å²) in [5.74, 6) is 0.854. The lowest BCUT2D eigenvalue weighted by Gasteiger charge is -2.39. The van der Waals surface area contributed by atoms with Crippen molar-refractivity contribution in [1.82, 2.24) is 9.80 Å². The molecule has 2 heterocycles. The van der Waals surface area contributed by atoms with Gasteiger partial charge in [0.25, 0.3) is 0 Å². The first kappa shape index (κ1) is 24.2. The van der Waals surface area contributed by atoms with Crippen LogP contribution in [-0.2, 0) is 22.6 Å². The molecular weight excluding hydrogens is 476 g/mol. The first-order valence-corrected chi connectivity index (χ1v) is 12.5. The van der Waals surface area contributed by atoms with E-state index in [1.807, 2.05) is 71.6 Å². The van der Waals surface area contributed by atoms with E-state index in [9.17, 15) is 9.59 Å². The average Bonchev–Trinajstić information content (AvgIpc) is 3.27. The number of fused-ring (bicyclic) bond motifs is 1. The highest BCUT2D eigenvalue weighted by atomic mass is 35.5. The molecule has 0 radical (unpaired) electrons. The Morgan fingerprint density at radius 1 is 0.972 bits per heavy atom. The maximum Gasteiger partial charge on any atom is 0.228 e. The summed E-state index contributed by atoms with van der Waals surface area (Å²) in [4.78, 5) is 30.5. The molecule has 5 rings (SSSR count). The Morgan fingerprint density at radius 3 is 2.39 bits per heavy atom. The molecule has 0 N–H and O–H groups in total. The second-order valence-electron chi connectivity index (χ2n) is 9.27. The Kier molecular flexibility index (Phi) is 6.88. The molecule has 0 spiro atoms. The zero-order chi connectivity index (χ0) is 25.2. The third-order valence-electron chi connectivity index (χ3n) is 7.14. The van der Waals surface area contributed by atoms with Gasteiger partial charge in [0.2, 0.25) is 11.8 Å². The van der Waals surface area contributed by atoms with Crippen LogP contribution in [0.1, 0.15) is 34.7 Å². The summed E-state index contributed by atoms with van der Waals surface area (Å²) < 4.78 is 11.1. The average molecular weight is 505 g/mol. The van der Waals surface area contributed by atoms with Crippen LogP contribution in [0.5, 0.6) is 11.5 Å². The summed E-state index contributed by atoms with van der Waals surface area (Å²) >= 11 is 6.67. The summed E-state index contributed by atoms with van der Waals surface area (Å²) in [7, 11) is 3.22. The standard InChI is InChI=1S/C29H29ClN2O4/c1-35-25-14-20-12-13-32(28(23(20)16-26(25)36-2)22-10-6-7-11-24(22)30)29(34)21-15-27(33)31(18-21)17-19-8-4-3-5-9-19/h3-11,14,16,21,28H,12-13,15,17-18H2,1-2H3. The zero-order valence-electron chi connectivity index (χ0n) is 20.4. The molecule has 1 saturated heterocycles. The number of benzene rings is 3. The Bertz CT molecular complexity index is 1280. The molecule has 0 aromatic heterocycles. The van der Waals surface area contributed by atoms with Gasteiger partial charge in [0.1, 0.15) is 0 Å². The predicted octanol–water partition coefficient (Wildman–Crippen LogP) is 4.88. The van der Waals surface area contributed by atoms with E-state index in [1.54, 1.807) is 19.1 Å². The van der Waals surface area contributed by atoms with Crippen LogP contribution in [0.3, 0.4) is 0 Å². The lowest BCUT2D eigenvalue weighted by molar-refractivity contribution is -0.137. The summed E-state index contributed by atoms with van der Waals surface area (Å²) in [6, 6.07) is 21.0. The van der Waals surface area contributed by atoms with Crippen molar-refractivity contribution in [2.45, 2.75) is 25.4 Å². The van der Waals surface area contributed by atoms with Crippen molar-refractivity contribution in [2.75, 3.05) is 27.3 Å². The SMILES string of the molecule is COc1cc2c(cc1OC)C(c1ccccc1Cl)N(C(=O)C1CC(=O)N(Cc3ccccc3)C1)CC2. The van der Waals surface area contributed by atoms with Crippen molar-refractivity contribution in [3.05, 3.63) is 94.0 Å². The number of carbonyl (C=O) groups excluding carboxylic acids is 2. The molecule has 186 valence electrons. The number of methoxy groups -OCH3 is 2. The number of ether oxygens (including phenoxy) is 2. The van der Waals surface area contributed by atoms with Crippen LogP contribution in [0.25, 0.3) is 0 Å². The molecule has 2 unspecified atom stereocenters. The predicted molar refractivity (Wildman–Crippen MR) is 138 cm³/mol. The van der Waals surface area contributed by atoms with Gasteiger partial charge in [-0.05, 0) is 46.9 Å². The number of hydrogen-bond acceptors (Lipinski definition) is 4. The van der Waals surface area contributed by atoms with Gasteiger partial charge >= 0.3 is 0 Å². The molecule has 3 aromatic carbocycles. The van der Waals surface area contributed by atoms with E-state index in [4.69, 9.17) is 21.1 Å². The number of halogens is 1. The lowest BCUT2D eigenvalue weighted by atomic mass is 9.86. The van der Waals surface area contributed by atoms with Crippen LogP contribution < -0.4 is 9.47 Å². The van der Waals surface area contributed by atoms with Crippen LogP contribution >= 0.6 is 11.6 Å². The van der Waals surface area contributed by atoms with Gasteiger partial charge in [-0.15, -0.1) is 0 Å². The normalized spacial score (nSPS) is 19.2. The smallest absolute Gasteiger partial charge is 0.228 e. The Balaban J connectivity index is 1.48. The van der Waals surface area contributed by atoms with Crippen molar-refractivity contribution < 1.29 is 19.1 Å². The summed E-state index contributed by atoms with van der Waals surface area (Å²) in [6.07, 6.45) is 0.896. The van der Waals surface area contributed by atoms with E-state index in [0.29, 0.717) is 42.6 Å². The van der Waals surface area contributed by atoms with Gasteiger partial charge in [0.05, 0.1) is 26.2 Å². The summed E-state index contributed by atoms with van der Waals surface area (Å²) in [5.41, 5.74) is 3.97. The Morgan fingerprint density at radius 2 is 1.67 bits per heavy atom. The molecule has 1 fully saturated rings. The molecule has 3 aromatic rings. The van der Waals surface area contributed by atoms with Crippen LogP contribution in [0.4, 0.5) is 0 Å². The van der Waals surface area contributed by atoms with Gasteiger partial charge < -0.3 is 19.3 Å². The van der Waals surface area contributed by atoms with E-state index >= 15 is 0 Å². The highest BCUT2D eigenvalue weighted by Gasteiger charge is 2.41. The number of rotatable bonds is 6. The van der Waals surface area contributed by atoms with Crippen molar-refractivity contribution in [2.24, 2.45) is 5.92 Å². The monoisotopic (exact) mass is 504 g/mol. The molecule has 0 bridgehead atoms. The van der Waals surface area contributed by atoms with Crippen molar-refractivity contribution >= 4 is 23.4 Å². The summed E-state index contributed by atoms with van der Waals surface area (Å²) in [6.45, 7) is 1.45. The van der Waals surface area contributed by atoms with Crippen LogP contribution in [0.2, 0.25) is 5.02 Å². The maximum atomic E-state index is 14.0. The van der Waals surface area contributed by atoms with Crippen LogP contribution in [-0.4, -0.2) is 48.9 Å². The highest BCUT2D eigenvalue weighted by molar-refractivity contribution is 6.31. The van der Waals surface area contributed by atoms with Crippen LogP contribution in [0, 0.1) is 5.92 Å². The molecular formula is C29H29ClN2O4. The largest absolute Gasteiger partial charge is 0.493 e. The van der Waals surface area contributed by atoms with E-state index in [0.717, 1.165) is 22.3 Å². The molecule has 36 heavy (non-hydrogen) atoms. The molecule has 2 aliphatic rings. The number of hydrogen-bond donors (Lipinski definition) is 0. The molecule has 7 heteroatoms. The topological polar surface area (TPSA) is 59.1 Å². The Labute approximate surface area is 216 Å². The minimum atomic E-state index is -0.395. The number of amides is 2. The van der Waals surface area contributed by atoms with E-state index in [1.165, 1.54) is 0 Å². The minimum absolute atomic E-state index is 0.00955. The third-order valence-corrected chi connectivity index (χ3v) is 7.48. The van der Waals surface area contributed by atoms with Crippen LogP contribution in [0.15, 0.2) is 66.7 Å². The van der Waals surface area contributed by atoms with E-state index in [2.05, 4.69) is 0 Å². The number of carbonyl (C=O) groups is 2. The van der Waals surface area contributed by atoms with Gasteiger partial charge in [0.15, 0.2) is 11.5 Å². The first-order chi connectivity index (χ1) is 17.5. The van der Waals surface area contributed by atoms with Crippen molar-refractivity contribution in [3.63, 3.8) is 0 Å². The minimum Gasteiger partial charge on any atom is -0.493 e. The van der Waals surface area contributed by atoms with Gasteiger partial charge in [-0.25, -0.2) is 0 Å². The summed E-state index contributed by atoms with van der Waals surface area (Å²) in [5, 5.41) is 0.594. The highest BCUT2D eigenvalue weighted by Crippen LogP contribution is 2.43. The van der Waals surface area contributed by atoms with Gasteiger partial charge in [-0.3, -0.25) is 9.59 Å². The van der Waals surface area contributed by atoms with Gasteiger partial charge in [-0.2, -0.15) is 0 Å². The molecule has 0 saturated carbocycles. The number of nitrogens with zero attached hydrogens (tertiary/aromatic N) is 2. The van der Waals surface area contributed by atoms with Crippen molar-refractivity contribution in [1.29, 1.82) is 0 Å². The molecule has 0 aliphatic carbocycles. The fourth-order valence-corrected chi connectivity index (χ4v) is 5.58. The zero-order valence-corrected chi connectivity index (χ0v) is 21.2. The first-order valence-electron chi connectivity index (χ1n) is 12.1. The molecule has 6 nitrogen and oxygen atoms in total. The van der Waals surface area contributed by atoms with Gasteiger partial charge in [0, 0.05) is 31.1 Å². The van der Waals surface area contributed by atoms with Crippen molar-refractivity contribution in [3.8, 4) is 11.5 Å². The Hall–Kier alpha value is -3.51. The fraction of sp³-hybridized carbons (Fsp3) is 0.310. The maximum absolute atomic E-state index is 14.0. The van der Waals surface area contributed by atoms with Gasteiger partial charge in [-0.1, -0.05) is 60.1 Å². The fourth-order valence-electron chi connectivity index (χ4n) is 5.34. The second kappa shape index (κ2) is 10.2. The molecule has 2 amide bonds. The molecule has 2 aliphatic heterocycles. The molecule has 2 atom stereocenters. The number of likely N-dealkylation sites (tertiary alicyclic amines) is 1. The third kappa shape index (κ3) is 4.53.